The van der Waals surface area contributed by atoms with E-state index in [1.165, 1.54) is 0 Å². The van der Waals surface area contributed by atoms with Crippen molar-refractivity contribution in [1.29, 1.82) is 0 Å². The molecule has 0 radical (unpaired) electrons. The molecular weight excluding hydrogens is 350 g/mol. The van der Waals surface area contributed by atoms with Gasteiger partial charge in [-0.25, -0.2) is 0 Å². The first-order chi connectivity index (χ1) is 9.79. The molecule has 0 N–H and O–H groups in total. The Morgan fingerprint density at radius 3 is 2.05 bits per heavy atom. The van der Waals surface area contributed by atoms with Crippen LogP contribution >= 0.6 is 27.5 Å². The predicted octanol–water partition coefficient (Wildman–Crippen LogP) is 5.64. The van der Waals surface area contributed by atoms with Crippen molar-refractivity contribution >= 4 is 33.4 Å². The minimum absolute atomic E-state index is 0.0690. The zero-order chi connectivity index (χ0) is 16.0. The summed E-state index contributed by atoms with van der Waals surface area (Å²) in [5, 5.41) is 0.584. The molecule has 1 rings (SSSR count). The molecule has 0 aliphatic heterocycles. The van der Waals surface area contributed by atoms with E-state index >= 15 is 0 Å². The van der Waals surface area contributed by atoms with Gasteiger partial charge in [0.15, 0.2) is 0 Å². The van der Waals surface area contributed by atoms with Gasteiger partial charge in [0.05, 0.1) is 0 Å². The van der Waals surface area contributed by atoms with Gasteiger partial charge in [0, 0.05) is 28.1 Å². The average Bonchev–Trinajstić information content (AvgIpc) is 2.36. The minimum Gasteiger partial charge on any atom is -0.339 e. The molecule has 0 saturated heterocycles. The number of rotatable bonds is 7. The van der Waals surface area contributed by atoms with Crippen molar-refractivity contribution in [3.05, 3.63) is 33.3 Å². The van der Waals surface area contributed by atoms with E-state index in [0.29, 0.717) is 22.4 Å². The number of hydrogen-bond donors (Lipinski definition) is 0. The van der Waals surface area contributed by atoms with E-state index in [1.54, 1.807) is 12.1 Å². The maximum atomic E-state index is 12.7. The molecule has 0 heterocycles. The van der Waals surface area contributed by atoms with Gasteiger partial charge in [-0.2, -0.15) is 0 Å². The first kappa shape index (κ1) is 18.5. The Kier molecular flexibility index (Phi) is 7.75. The minimum atomic E-state index is 0.0690. The number of nitrogens with zero attached hydrogens (tertiary/aromatic N) is 1. The fourth-order valence-electron chi connectivity index (χ4n) is 2.00. The maximum Gasteiger partial charge on any atom is 0.253 e. The SMILES string of the molecule is CC(C)CCN(CCC(C)C)C(=O)c1cc(Cl)cc(Br)c1. The second kappa shape index (κ2) is 8.79. The summed E-state index contributed by atoms with van der Waals surface area (Å²) in [6, 6.07) is 5.38. The molecule has 118 valence electrons. The Labute approximate surface area is 142 Å². The van der Waals surface area contributed by atoms with Crippen LogP contribution in [0.3, 0.4) is 0 Å². The molecule has 21 heavy (non-hydrogen) atoms. The van der Waals surface area contributed by atoms with Gasteiger partial charge in [0.1, 0.15) is 0 Å². The molecule has 1 aromatic rings. The van der Waals surface area contributed by atoms with Crippen LogP contribution in [0.25, 0.3) is 0 Å². The van der Waals surface area contributed by atoms with E-state index < -0.39 is 0 Å². The Bertz CT molecular complexity index is 442. The van der Waals surface area contributed by atoms with Crippen LogP contribution in [-0.4, -0.2) is 23.9 Å². The monoisotopic (exact) mass is 373 g/mol. The van der Waals surface area contributed by atoms with E-state index in [2.05, 4.69) is 43.6 Å². The fourth-order valence-corrected chi connectivity index (χ4v) is 2.86. The molecule has 0 unspecified atom stereocenters. The Morgan fingerprint density at radius 2 is 1.62 bits per heavy atom. The first-order valence-electron chi connectivity index (χ1n) is 7.55. The molecule has 0 spiro atoms. The largest absolute Gasteiger partial charge is 0.339 e. The fraction of sp³-hybridized carbons (Fsp3) is 0.588. The average molecular weight is 375 g/mol. The number of carbonyl (C=O) groups is 1. The summed E-state index contributed by atoms with van der Waals surface area (Å²) in [5.41, 5.74) is 0.655. The van der Waals surface area contributed by atoms with Crippen molar-refractivity contribution in [2.75, 3.05) is 13.1 Å². The molecule has 0 saturated carbocycles. The molecule has 2 nitrogen and oxygen atoms in total. The van der Waals surface area contributed by atoms with E-state index in [-0.39, 0.29) is 5.91 Å². The van der Waals surface area contributed by atoms with Gasteiger partial charge in [-0.3, -0.25) is 4.79 Å². The Morgan fingerprint density at radius 1 is 1.10 bits per heavy atom. The van der Waals surface area contributed by atoms with E-state index in [1.807, 2.05) is 11.0 Å². The third-order valence-electron chi connectivity index (χ3n) is 3.35. The highest BCUT2D eigenvalue weighted by molar-refractivity contribution is 9.10. The molecule has 1 aromatic carbocycles. The summed E-state index contributed by atoms with van der Waals surface area (Å²) in [7, 11) is 0. The predicted molar refractivity (Wildman–Crippen MR) is 94.0 cm³/mol. The summed E-state index contributed by atoms with van der Waals surface area (Å²) < 4.78 is 0.839. The van der Waals surface area contributed by atoms with Crippen LogP contribution in [0.5, 0.6) is 0 Å². The van der Waals surface area contributed by atoms with Crippen molar-refractivity contribution in [2.24, 2.45) is 11.8 Å². The number of amides is 1. The highest BCUT2D eigenvalue weighted by Gasteiger charge is 2.17. The molecule has 0 aliphatic rings. The normalized spacial score (nSPS) is 11.2. The number of hydrogen-bond acceptors (Lipinski definition) is 1. The van der Waals surface area contributed by atoms with E-state index in [9.17, 15) is 4.79 Å². The Hall–Kier alpha value is -0.540. The van der Waals surface area contributed by atoms with Crippen LogP contribution < -0.4 is 0 Å². The van der Waals surface area contributed by atoms with Gasteiger partial charge in [-0.15, -0.1) is 0 Å². The third-order valence-corrected chi connectivity index (χ3v) is 4.03. The van der Waals surface area contributed by atoms with Crippen molar-refractivity contribution in [3.8, 4) is 0 Å². The van der Waals surface area contributed by atoms with Crippen LogP contribution in [0.1, 0.15) is 50.9 Å². The number of benzene rings is 1. The van der Waals surface area contributed by atoms with Gasteiger partial charge in [-0.1, -0.05) is 55.2 Å². The lowest BCUT2D eigenvalue weighted by atomic mass is 10.1. The lowest BCUT2D eigenvalue weighted by Gasteiger charge is -2.25. The number of halogens is 2. The Balaban J connectivity index is 2.86. The molecule has 0 atom stereocenters. The lowest BCUT2D eigenvalue weighted by molar-refractivity contribution is 0.0740. The molecule has 0 fully saturated rings. The summed E-state index contributed by atoms with van der Waals surface area (Å²) in [4.78, 5) is 14.7. The van der Waals surface area contributed by atoms with Gasteiger partial charge < -0.3 is 4.90 Å². The summed E-state index contributed by atoms with van der Waals surface area (Å²) in [6.45, 7) is 10.3. The zero-order valence-corrected chi connectivity index (χ0v) is 15.7. The highest BCUT2D eigenvalue weighted by atomic mass is 79.9. The van der Waals surface area contributed by atoms with Crippen molar-refractivity contribution in [1.82, 2.24) is 4.90 Å². The summed E-state index contributed by atoms with van der Waals surface area (Å²) in [6.07, 6.45) is 2.04. The maximum absolute atomic E-state index is 12.7. The van der Waals surface area contributed by atoms with Gasteiger partial charge >= 0.3 is 0 Å². The molecule has 0 aromatic heterocycles. The molecule has 0 bridgehead atoms. The highest BCUT2D eigenvalue weighted by Crippen LogP contribution is 2.21. The number of carbonyl (C=O) groups excluding carboxylic acids is 1. The van der Waals surface area contributed by atoms with Crippen molar-refractivity contribution in [3.63, 3.8) is 0 Å². The first-order valence-corrected chi connectivity index (χ1v) is 8.72. The van der Waals surface area contributed by atoms with E-state index in [4.69, 9.17) is 11.6 Å². The molecule has 0 aliphatic carbocycles. The topological polar surface area (TPSA) is 20.3 Å². The standard InChI is InChI=1S/C17H25BrClNO/c1-12(2)5-7-20(8-6-13(3)4)17(21)14-9-15(18)11-16(19)10-14/h9-13H,5-8H2,1-4H3. The van der Waals surface area contributed by atoms with Crippen molar-refractivity contribution < 1.29 is 4.79 Å². The van der Waals surface area contributed by atoms with Crippen LogP contribution in [0, 0.1) is 11.8 Å². The van der Waals surface area contributed by atoms with Crippen LogP contribution in [0.2, 0.25) is 5.02 Å². The van der Waals surface area contributed by atoms with Gasteiger partial charge in [0.25, 0.3) is 5.91 Å². The third kappa shape index (κ3) is 6.84. The van der Waals surface area contributed by atoms with Crippen LogP contribution in [-0.2, 0) is 0 Å². The summed E-state index contributed by atoms with van der Waals surface area (Å²) >= 11 is 9.45. The quantitative estimate of drug-likeness (QED) is 0.605. The second-order valence-corrected chi connectivity index (χ2v) is 7.67. The van der Waals surface area contributed by atoms with E-state index in [0.717, 1.165) is 30.4 Å². The van der Waals surface area contributed by atoms with Gasteiger partial charge in [-0.05, 0) is 42.9 Å². The smallest absolute Gasteiger partial charge is 0.253 e. The second-order valence-electron chi connectivity index (χ2n) is 6.32. The molecular formula is C17H25BrClNO. The zero-order valence-electron chi connectivity index (χ0n) is 13.3. The van der Waals surface area contributed by atoms with Crippen LogP contribution in [0.15, 0.2) is 22.7 Å². The van der Waals surface area contributed by atoms with Crippen molar-refractivity contribution in [2.45, 2.75) is 40.5 Å². The molecule has 1 amide bonds. The van der Waals surface area contributed by atoms with Gasteiger partial charge in [0.2, 0.25) is 0 Å². The lowest BCUT2D eigenvalue weighted by Crippen LogP contribution is -2.34. The summed E-state index contributed by atoms with van der Waals surface area (Å²) in [5.74, 6) is 1.25. The molecule has 4 heteroatoms. The van der Waals surface area contributed by atoms with Crippen LogP contribution in [0.4, 0.5) is 0 Å².